The molecule has 1 aromatic heterocycles. The van der Waals surface area contributed by atoms with E-state index in [9.17, 15) is 4.79 Å². The van der Waals surface area contributed by atoms with E-state index < -0.39 is 0 Å². The molecule has 0 spiro atoms. The number of aromatic amines is 1. The Kier molecular flexibility index (Phi) is 3.74. The monoisotopic (exact) mass is 244 g/mol. The lowest BCUT2D eigenvalue weighted by molar-refractivity contribution is 1.07. The Morgan fingerprint density at radius 2 is 2.07 bits per heavy atom. The van der Waals surface area contributed by atoms with Gasteiger partial charge in [-0.25, -0.2) is 0 Å². The Morgan fingerprint density at radius 3 is 2.73 bits per heavy atom. The number of aromatic nitrogens is 1. The van der Waals surface area contributed by atoms with Gasteiger partial charge in [0.25, 0.3) is 0 Å². The van der Waals surface area contributed by atoms with Gasteiger partial charge in [0.2, 0.25) is 5.56 Å². The Balaban J connectivity index is 0.00000112. The summed E-state index contributed by atoms with van der Waals surface area (Å²) >= 11 is 5.85. The molecular weight excluding hydrogens is 235 g/mol. The van der Waals surface area contributed by atoms with E-state index in [1.54, 1.807) is 18.2 Å². The molecule has 0 bridgehead atoms. The van der Waals surface area contributed by atoms with Gasteiger partial charge < -0.3 is 10.7 Å². The highest BCUT2D eigenvalue weighted by atomic mass is 35.5. The minimum Gasteiger partial charge on any atom is -0.326 e. The van der Waals surface area contributed by atoms with E-state index in [1.807, 2.05) is 0 Å². The average Bonchev–Trinajstić information content (AvgIpc) is 2.17. The summed E-state index contributed by atoms with van der Waals surface area (Å²) in [6.07, 6.45) is 0. The fourth-order valence-electron chi connectivity index (χ4n) is 1.46. The van der Waals surface area contributed by atoms with Crippen LogP contribution in [0.25, 0.3) is 10.9 Å². The van der Waals surface area contributed by atoms with Crippen molar-refractivity contribution in [3.05, 3.63) is 45.2 Å². The second kappa shape index (κ2) is 4.66. The van der Waals surface area contributed by atoms with E-state index >= 15 is 0 Å². The number of pyridine rings is 1. The molecule has 0 saturated heterocycles. The second-order valence-electron chi connectivity index (χ2n) is 3.05. The van der Waals surface area contributed by atoms with Crippen LogP contribution in [0.5, 0.6) is 0 Å². The van der Waals surface area contributed by atoms with Crippen molar-refractivity contribution in [2.75, 3.05) is 0 Å². The number of nitrogens with one attached hydrogen (secondary N) is 1. The van der Waals surface area contributed by atoms with Crippen LogP contribution in [0.4, 0.5) is 0 Å². The highest BCUT2D eigenvalue weighted by Gasteiger charge is 2.02. The van der Waals surface area contributed by atoms with Crippen molar-refractivity contribution in [2.24, 2.45) is 5.73 Å². The summed E-state index contributed by atoms with van der Waals surface area (Å²) in [6.45, 7) is 0.334. The molecule has 0 saturated carbocycles. The Morgan fingerprint density at radius 1 is 1.33 bits per heavy atom. The molecule has 80 valence electrons. The number of halogens is 2. The number of hydrogen-bond acceptors (Lipinski definition) is 2. The zero-order chi connectivity index (χ0) is 10.1. The molecule has 5 heteroatoms. The Labute approximate surface area is 97.7 Å². The minimum absolute atomic E-state index is 0. The highest BCUT2D eigenvalue weighted by molar-refractivity contribution is 6.31. The van der Waals surface area contributed by atoms with E-state index in [4.69, 9.17) is 17.3 Å². The van der Waals surface area contributed by atoms with Gasteiger partial charge in [-0.05, 0) is 23.8 Å². The molecule has 2 rings (SSSR count). The van der Waals surface area contributed by atoms with E-state index in [0.29, 0.717) is 11.6 Å². The molecule has 0 aliphatic rings. The number of benzene rings is 1. The fourth-order valence-corrected chi connectivity index (χ4v) is 1.64. The molecule has 15 heavy (non-hydrogen) atoms. The van der Waals surface area contributed by atoms with Crippen LogP contribution < -0.4 is 11.3 Å². The largest absolute Gasteiger partial charge is 0.326 e. The van der Waals surface area contributed by atoms with Crippen LogP contribution in [0.3, 0.4) is 0 Å². The van der Waals surface area contributed by atoms with Gasteiger partial charge in [0.05, 0.1) is 0 Å². The van der Waals surface area contributed by atoms with Crippen LogP contribution >= 0.6 is 24.0 Å². The SMILES string of the molecule is Cl.NCc1cc(=O)[nH]c2ccc(Cl)cc12. The van der Waals surface area contributed by atoms with Crippen molar-refractivity contribution in [3.8, 4) is 0 Å². The van der Waals surface area contributed by atoms with Gasteiger partial charge in [-0.1, -0.05) is 11.6 Å². The maximum atomic E-state index is 11.2. The first-order valence-electron chi connectivity index (χ1n) is 4.22. The van der Waals surface area contributed by atoms with Crippen LogP contribution in [0, 0.1) is 0 Å². The maximum absolute atomic E-state index is 11.2. The zero-order valence-corrected chi connectivity index (χ0v) is 9.36. The standard InChI is InChI=1S/C10H9ClN2O.ClH/c11-7-1-2-9-8(4-7)6(5-12)3-10(14)13-9;/h1-4H,5,12H2,(H,13,14);1H. The molecule has 0 aliphatic carbocycles. The van der Waals surface area contributed by atoms with Crippen molar-refractivity contribution < 1.29 is 0 Å². The quantitative estimate of drug-likeness (QED) is 0.807. The van der Waals surface area contributed by atoms with Crippen LogP contribution in [-0.2, 0) is 6.54 Å². The third-order valence-corrected chi connectivity index (χ3v) is 2.35. The van der Waals surface area contributed by atoms with Gasteiger partial charge in [0, 0.05) is 28.5 Å². The summed E-state index contributed by atoms with van der Waals surface area (Å²) in [4.78, 5) is 13.9. The first-order chi connectivity index (χ1) is 6.70. The first-order valence-corrected chi connectivity index (χ1v) is 4.60. The average molecular weight is 245 g/mol. The summed E-state index contributed by atoms with van der Waals surface area (Å²) in [5.41, 5.74) is 6.98. The van der Waals surface area contributed by atoms with Gasteiger partial charge in [0.15, 0.2) is 0 Å². The van der Waals surface area contributed by atoms with Crippen molar-refractivity contribution in [1.82, 2.24) is 4.98 Å². The van der Waals surface area contributed by atoms with Gasteiger partial charge in [0.1, 0.15) is 0 Å². The van der Waals surface area contributed by atoms with Crippen molar-refractivity contribution >= 4 is 34.9 Å². The molecule has 1 heterocycles. The van der Waals surface area contributed by atoms with Crippen LogP contribution in [-0.4, -0.2) is 4.98 Å². The summed E-state index contributed by atoms with van der Waals surface area (Å²) < 4.78 is 0. The van der Waals surface area contributed by atoms with Crippen molar-refractivity contribution in [1.29, 1.82) is 0 Å². The number of rotatable bonds is 1. The lowest BCUT2D eigenvalue weighted by Crippen LogP contribution is -2.09. The summed E-state index contributed by atoms with van der Waals surface area (Å²) in [5.74, 6) is 0. The molecule has 0 atom stereocenters. The maximum Gasteiger partial charge on any atom is 0.248 e. The summed E-state index contributed by atoms with van der Waals surface area (Å²) in [5, 5.41) is 1.54. The molecule has 2 aromatic rings. The molecule has 3 nitrogen and oxygen atoms in total. The summed E-state index contributed by atoms with van der Waals surface area (Å²) in [7, 11) is 0. The molecule has 0 fully saturated rings. The van der Waals surface area contributed by atoms with E-state index in [2.05, 4.69) is 4.98 Å². The predicted octanol–water partition coefficient (Wildman–Crippen LogP) is 2.06. The van der Waals surface area contributed by atoms with Crippen LogP contribution in [0.15, 0.2) is 29.1 Å². The van der Waals surface area contributed by atoms with E-state index in [1.165, 1.54) is 6.07 Å². The number of fused-ring (bicyclic) bond motifs is 1. The Bertz CT molecular complexity index is 536. The van der Waals surface area contributed by atoms with Gasteiger partial charge >= 0.3 is 0 Å². The number of hydrogen-bond donors (Lipinski definition) is 2. The lowest BCUT2D eigenvalue weighted by Gasteiger charge is -2.03. The van der Waals surface area contributed by atoms with Gasteiger partial charge in [-0.15, -0.1) is 12.4 Å². The van der Waals surface area contributed by atoms with Crippen molar-refractivity contribution in [2.45, 2.75) is 6.54 Å². The molecule has 0 aliphatic heterocycles. The first kappa shape index (κ1) is 12.0. The second-order valence-corrected chi connectivity index (χ2v) is 3.49. The summed E-state index contributed by atoms with van der Waals surface area (Å²) in [6, 6.07) is 6.81. The molecule has 0 amide bonds. The van der Waals surface area contributed by atoms with E-state index in [-0.39, 0.29) is 18.0 Å². The smallest absolute Gasteiger partial charge is 0.248 e. The number of H-pyrrole nitrogens is 1. The molecule has 3 N–H and O–H groups in total. The molecular formula is C10H10Cl2N2O. The third kappa shape index (κ3) is 2.31. The van der Waals surface area contributed by atoms with E-state index in [0.717, 1.165) is 16.5 Å². The molecule has 0 unspecified atom stereocenters. The highest BCUT2D eigenvalue weighted by Crippen LogP contribution is 2.19. The lowest BCUT2D eigenvalue weighted by atomic mass is 10.1. The van der Waals surface area contributed by atoms with Crippen LogP contribution in [0.1, 0.15) is 5.56 Å². The predicted molar refractivity (Wildman–Crippen MR) is 64.7 cm³/mol. The van der Waals surface area contributed by atoms with Gasteiger partial charge in [-0.2, -0.15) is 0 Å². The number of nitrogens with two attached hydrogens (primary N) is 1. The van der Waals surface area contributed by atoms with Gasteiger partial charge in [-0.3, -0.25) is 4.79 Å². The molecule has 1 aromatic carbocycles. The minimum atomic E-state index is -0.139. The Hall–Kier alpha value is -1.03. The normalized spacial score (nSPS) is 10.0. The molecule has 0 radical (unpaired) electrons. The van der Waals surface area contributed by atoms with Crippen LogP contribution in [0.2, 0.25) is 5.02 Å². The zero-order valence-electron chi connectivity index (χ0n) is 7.79. The third-order valence-electron chi connectivity index (χ3n) is 2.11. The van der Waals surface area contributed by atoms with Crippen molar-refractivity contribution in [3.63, 3.8) is 0 Å². The topological polar surface area (TPSA) is 58.9 Å². The fraction of sp³-hybridized carbons (Fsp3) is 0.100.